The van der Waals surface area contributed by atoms with Crippen molar-refractivity contribution in [2.45, 2.75) is 13.5 Å². The summed E-state index contributed by atoms with van der Waals surface area (Å²) >= 11 is 0. The molecule has 3 rings (SSSR count). The van der Waals surface area contributed by atoms with Crippen LogP contribution in [0, 0.1) is 12.7 Å². The minimum absolute atomic E-state index is 0.273. The molecule has 0 fully saturated rings. The SMILES string of the molecule is Cc1cccnc1-n1nccc1OCc1cccc(F)c1. The van der Waals surface area contributed by atoms with Crippen molar-refractivity contribution in [3.63, 3.8) is 0 Å². The van der Waals surface area contributed by atoms with Crippen LogP contribution in [0.3, 0.4) is 0 Å². The zero-order chi connectivity index (χ0) is 14.7. The molecule has 2 heterocycles. The predicted octanol–water partition coefficient (Wildman–Crippen LogP) is 3.29. The van der Waals surface area contributed by atoms with E-state index in [2.05, 4.69) is 10.1 Å². The zero-order valence-electron chi connectivity index (χ0n) is 11.5. The van der Waals surface area contributed by atoms with Crippen molar-refractivity contribution in [3.8, 4) is 11.7 Å². The number of nitrogens with zero attached hydrogens (tertiary/aromatic N) is 3. The van der Waals surface area contributed by atoms with Crippen molar-refractivity contribution >= 4 is 0 Å². The maximum absolute atomic E-state index is 13.1. The Hall–Kier alpha value is -2.69. The summed E-state index contributed by atoms with van der Waals surface area (Å²) in [6.45, 7) is 2.23. The molecule has 21 heavy (non-hydrogen) atoms. The highest BCUT2D eigenvalue weighted by Crippen LogP contribution is 2.19. The lowest BCUT2D eigenvalue weighted by molar-refractivity contribution is 0.283. The minimum Gasteiger partial charge on any atom is -0.473 e. The maximum Gasteiger partial charge on any atom is 0.218 e. The first kappa shape index (κ1) is 13.3. The Morgan fingerprint density at radius 2 is 2.05 bits per heavy atom. The normalized spacial score (nSPS) is 10.6. The average Bonchev–Trinajstić information content (AvgIpc) is 2.94. The molecule has 0 radical (unpaired) electrons. The fraction of sp³-hybridized carbons (Fsp3) is 0.125. The van der Waals surface area contributed by atoms with Gasteiger partial charge in [0.25, 0.3) is 0 Å². The summed E-state index contributed by atoms with van der Waals surface area (Å²) < 4.78 is 20.5. The second-order valence-electron chi connectivity index (χ2n) is 4.64. The summed E-state index contributed by atoms with van der Waals surface area (Å²) in [5, 5.41) is 4.23. The van der Waals surface area contributed by atoms with Gasteiger partial charge in [-0.2, -0.15) is 9.78 Å². The number of ether oxygens (including phenoxy) is 1. The van der Waals surface area contributed by atoms with E-state index in [1.54, 1.807) is 29.2 Å². The molecule has 0 aliphatic carbocycles. The molecule has 0 saturated carbocycles. The van der Waals surface area contributed by atoms with Crippen LogP contribution in [0.15, 0.2) is 54.9 Å². The van der Waals surface area contributed by atoms with Gasteiger partial charge in [-0.15, -0.1) is 0 Å². The molecule has 0 amide bonds. The van der Waals surface area contributed by atoms with E-state index in [9.17, 15) is 4.39 Å². The van der Waals surface area contributed by atoms with Crippen molar-refractivity contribution in [2.24, 2.45) is 0 Å². The van der Waals surface area contributed by atoms with E-state index in [1.165, 1.54) is 12.1 Å². The highest BCUT2D eigenvalue weighted by Gasteiger charge is 2.09. The summed E-state index contributed by atoms with van der Waals surface area (Å²) in [7, 11) is 0. The van der Waals surface area contributed by atoms with Crippen LogP contribution in [-0.2, 0) is 6.61 Å². The van der Waals surface area contributed by atoms with Gasteiger partial charge in [0.1, 0.15) is 12.4 Å². The monoisotopic (exact) mass is 283 g/mol. The number of hydrogen-bond donors (Lipinski definition) is 0. The van der Waals surface area contributed by atoms with Crippen molar-refractivity contribution in [1.82, 2.24) is 14.8 Å². The lowest BCUT2D eigenvalue weighted by Gasteiger charge is -2.10. The molecule has 0 unspecified atom stereocenters. The third kappa shape index (κ3) is 2.91. The van der Waals surface area contributed by atoms with Crippen LogP contribution < -0.4 is 4.74 Å². The Labute approximate surface area is 121 Å². The first-order chi connectivity index (χ1) is 10.2. The second-order valence-corrected chi connectivity index (χ2v) is 4.64. The van der Waals surface area contributed by atoms with Crippen LogP contribution in [0.1, 0.15) is 11.1 Å². The van der Waals surface area contributed by atoms with Gasteiger partial charge in [0.2, 0.25) is 5.88 Å². The molecular formula is C16H14FN3O. The number of pyridine rings is 1. The van der Waals surface area contributed by atoms with Crippen LogP contribution in [0.25, 0.3) is 5.82 Å². The van der Waals surface area contributed by atoms with Crippen molar-refractivity contribution < 1.29 is 9.13 Å². The standard InChI is InChI=1S/C16H14FN3O/c1-12-4-3-8-18-16(12)20-15(7-9-19-20)21-11-13-5-2-6-14(17)10-13/h2-10H,11H2,1H3. The quantitative estimate of drug-likeness (QED) is 0.737. The van der Waals surface area contributed by atoms with E-state index in [0.717, 1.165) is 16.9 Å². The van der Waals surface area contributed by atoms with E-state index < -0.39 is 0 Å². The molecule has 0 bridgehead atoms. The molecule has 0 saturated heterocycles. The van der Waals surface area contributed by atoms with E-state index in [0.29, 0.717) is 5.88 Å². The smallest absolute Gasteiger partial charge is 0.218 e. The maximum atomic E-state index is 13.1. The Balaban J connectivity index is 1.82. The average molecular weight is 283 g/mol. The topological polar surface area (TPSA) is 39.9 Å². The molecule has 5 heteroatoms. The Kier molecular flexibility index (Phi) is 3.64. The largest absolute Gasteiger partial charge is 0.473 e. The molecule has 3 aromatic rings. The Bertz CT molecular complexity index is 755. The van der Waals surface area contributed by atoms with Gasteiger partial charge in [-0.25, -0.2) is 9.37 Å². The first-order valence-corrected chi connectivity index (χ1v) is 6.57. The summed E-state index contributed by atoms with van der Waals surface area (Å²) in [5.74, 6) is 1.02. The number of aromatic nitrogens is 3. The van der Waals surface area contributed by atoms with Gasteiger partial charge >= 0.3 is 0 Å². The Morgan fingerprint density at radius 3 is 2.86 bits per heavy atom. The minimum atomic E-state index is -0.273. The molecule has 4 nitrogen and oxygen atoms in total. The van der Waals surface area contributed by atoms with Crippen molar-refractivity contribution in [1.29, 1.82) is 0 Å². The van der Waals surface area contributed by atoms with Crippen LogP contribution in [-0.4, -0.2) is 14.8 Å². The van der Waals surface area contributed by atoms with Crippen LogP contribution in [0.2, 0.25) is 0 Å². The van der Waals surface area contributed by atoms with Gasteiger partial charge in [0.15, 0.2) is 5.82 Å². The summed E-state index contributed by atoms with van der Waals surface area (Å²) in [5.41, 5.74) is 1.76. The van der Waals surface area contributed by atoms with Crippen molar-refractivity contribution in [3.05, 3.63) is 71.8 Å². The Morgan fingerprint density at radius 1 is 1.14 bits per heavy atom. The van der Waals surface area contributed by atoms with Gasteiger partial charge < -0.3 is 4.74 Å². The fourth-order valence-corrected chi connectivity index (χ4v) is 2.04. The molecular weight excluding hydrogens is 269 g/mol. The lowest BCUT2D eigenvalue weighted by Crippen LogP contribution is -2.06. The number of benzene rings is 1. The van der Waals surface area contributed by atoms with Crippen LogP contribution in [0.4, 0.5) is 4.39 Å². The first-order valence-electron chi connectivity index (χ1n) is 6.57. The van der Waals surface area contributed by atoms with E-state index in [1.807, 2.05) is 25.1 Å². The molecule has 0 spiro atoms. The van der Waals surface area contributed by atoms with Gasteiger partial charge in [-0.05, 0) is 36.2 Å². The van der Waals surface area contributed by atoms with Crippen LogP contribution in [0.5, 0.6) is 5.88 Å². The van der Waals surface area contributed by atoms with Crippen LogP contribution >= 0.6 is 0 Å². The molecule has 0 aliphatic rings. The molecule has 0 N–H and O–H groups in total. The number of hydrogen-bond acceptors (Lipinski definition) is 3. The van der Waals surface area contributed by atoms with Gasteiger partial charge in [0, 0.05) is 12.3 Å². The molecule has 0 aliphatic heterocycles. The molecule has 0 atom stereocenters. The molecule has 106 valence electrons. The summed E-state index contributed by atoms with van der Waals surface area (Å²) in [4.78, 5) is 4.31. The summed E-state index contributed by atoms with van der Waals surface area (Å²) in [6, 6.07) is 11.9. The highest BCUT2D eigenvalue weighted by molar-refractivity contribution is 5.34. The number of aryl methyl sites for hydroxylation is 1. The second kappa shape index (κ2) is 5.75. The van der Waals surface area contributed by atoms with Crippen molar-refractivity contribution in [2.75, 3.05) is 0 Å². The van der Waals surface area contributed by atoms with Gasteiger partial charge in [0.05, 0.1) is 6.20 Å². The van der Waals surface area contributed by atoms with Gasteiger partial charge in [-0.3, -0.25) is 0 Å². The number of rotatable bonds is 4. The summed E-state index contributed by atoms with van der Waals surface area (Å²) in [6.07, 6.45) is 3.36. The third-order valence-corrected chi connectivity index (χ3v) is 3.07. The van der Waals surface area contributed by atoms with E-state index in [-0.39, 0.29) is 12.4 Å². The van der Waals surface area contributed by atoms with Gasteiger partial charge in [-0.1, -0.05) is 18.2 Å². The fourth-order valence-electron chi connectivity index (χ4n) is 2.04. The zero-order valence-corrected chi connectivity index (χ0v) is 11.5. The predicted molar refractivity (Wildman–Crippen MR) is 76.8 cm³/mol. The van der Waals surface area contributed by atoms with E-state index >= 15 is 0 Å². The number of halogens is 1. The molecule has 2 aromatic heterocycles. The lowest BCUT2D eigenvalue weighted by atomic mass is 10.2. The molecule has 1 aromatic carbocycles. The third-order valence-electron chi connectivity index (χ3n) is 3.07. The highest BCUT2D eigenvalue weighted by atomic mass is 19.1. The van der Waals surface area contributed by atoms with E-state index in [4.69, 9.17) is 4.74 Å².